The molecule has 0 aliphatic carbocycles. The van der Waals surface area contributed by atoms with Crippen molar-refractivity contribution in [3.63, 3.8) is 0 Å². The second kappa shape index (κ2) is 9.93. The van der Waals surface area contributed by atoms with Gasteiger partial charge in [-0.2, -0.15) is 0 Å². The van der Waals surface area contributed by atoms with Crippen molar-refractivity contribution in [1.82, 2.24) is 4.90 Å². The summed E-state index contributed by atoms with van der Waals surface area (Å²) in [5.41, 5.74) is 0.784. The molecule has 116 valence electrons. The summed E-state index contributed by atoms with van der Waals surface area (Å²) in [6.45, 7) is 2.16. The number of carboxylic acid groups (broad SMARTS) is 1. The van der Waals surface area contributed by atoms with Gasteiger partial charge in [0.25, 0.3) is 0 Å². The van der Waals surface area contributed by atoms with Gasteiger partial charge in [0.15, 0.2) is 0 Å². The maximum atomic E-state index is 10.4. The topological polar surface area (TPSA) is 90.2 Å². The van der Waals surface area contributed by atoms with Crippen molar-refractivity contribution in [2.45, 2.75) is 0 Å². The Morgan fingerprint density at radius 3 is 2.24 bits per heavy atom. The molecule has 0 spiro atoms. The van der Waals surface area contributed by atoms with E-state index in [4.69, 9.17) is 20.1 Å². The molecule has 0 aliphatic heterocycles. The molecule has 0 heterocycles. The molecule has 1 rings (SSSR count). The fraction of sp³-hybridized carbons (Fsp3) is 0.400. The zero-order valence-electron chi connectivity index (χ0n) is 11.8. The Kier molecular flexibility index (Phi) is 8.11. The third kappa shape index (κ3) is 7.45. The number of nitrogens with zero attached hydrogens (tertiary/aromatic N) is 1. The van der Waals surface area contributed by atoms with Crippen LogP contribution in [0.3, 0.4) is 0 Å². The second-order valence-electron chi connectivity index (χ2n) is 4.38. The van der Waals surface area contributed by atoms with Gasteiger partial charge < -0.3 is 20.1 Å². The first kappa shape index (κ1) is 17.2. The van der Waals surface area contributed by atoms with E-state index >= 15 is 0 Å². The minimum Gasteiger partial charge on any atom is -0.492 e. The first-order valence-electron chi connectivity index (χ1n) is 6.73. The van der Waals surface area contributed by atoms with Gasteiger partial charge in [-0.1, -0.05) is 12.1 Å². The molecule has 0 radical (unpaired) electrons. The lowest BCUT2D eigenvalue weighted by atomic mass is 10.2. The zero-order valence-corrected chi connectivity index (χ0v) is 11.8. The lowest BCUT2D eigenvalue weighted by Crippen LogP contribution is -2.33. The summed E-state index contributed by atoms with van der Waals surface area (Å²) in [7, 11) is 0. The number of hydrogen-bond donors (Lipinski definition) is 3. The molecule has 1 aromatic carbocycles. The molecule has 0 saturated heterocycles. The minimum atomic E-state index is -0.983. The van der Waals surface area contributed by atoms with E-state index in [9.17, 15) is 4.79 Å². The van der Waals surface area contributed by atoms with Crippen LogP contribution in [0.25, 0.3) is 6.08 Å². The van der Waals surface area contributed by atoms with Crippen LogP contribution in [0.4, 0.5) is 0 Å². The van der Waals surface area contributed by atoms with E-state index in [0.717, 1.165) is 11.6 Å². The highest BCUT2D eigenvalue weighted by Gasteiger charge is 2.03. The summed E-state index contributed by atoms with van der Waals surface area (Å²) in [5, 5.41) is 26.3. The van der Waals surface area contributed by atoms with Crippen LogP contribution in [0.5, 0.6) is 5.75 Å². The van der Waals surface area contributed by atoms with Gasteiger partial charge in [0.1, 0.15) is 12.4 Å². The van der Waals surface area contributed by atoms with E-state index in [1.54, 1.807) is 24.3 Å². The van der Waals surface area contributed by atoms with Crippen LogP contribution in [-0.4, -0.2) is 65.6 Å². The maximum Gasteiger partial charge on any atom is 0.328 e. The normalized spacial score (nSPS) is 11.2. The summed E-state index contributed by atoms with van der Waals surface area (Å²) < 4.78 is 5.56. The maximum absolute atomic E-state index is 10.4. The molecule has 3 N–H and O–H groups in total. The van der Waals surface area contributed by atoms with Crippen LogP contribution in [0.15, 0.2) is 30.3 Å². The molecule has 21 heavy (non-hydrogen) atoms. The number of hydrogen-bond acceptors (Lipinski definition) is 5. The third-order valence-corrected chi connectivity index (χ3v) is 2.81. The molecule has 0 fully saturated rings. The predicted octanol–water partition coefficient (Wildman–Crippen LogP) is 0.450. The van der Waals surface area contributed by atoms with E-state index in [0.29, 0.717) is 32.0 Å². The van der Waals surface area contributed by atoms with Crippen LogP contribution >= 0.6 is 0 Å². The SMILES string of the molecule is O=C(O)C=Cc1ccc(OCCN(CCO)CCO)cc1. The molecule has 0 atom stereocenters. The van der Waals surface area contributed by atoms with Crippen LogP contribution in [0.2, 0.25) is 0 Å². The van der Waals surface area contributed by atoms with Crippen molar-refractivity contribution in [1.29, 1.82) is 0 Å². The van der Waals surface area contributed by atoms with Gasteiger partial charge in [-0.05, 0) is 23.8 Å². The van der Waals surface area contributed by atoms with Crippen molar-refractivity contribution in [3.8, 4) is 5.75 Å². The van der Waals surface area contributed by atoms with Gasteiger partial charge in [0.05, 0.1) is 13.2 Å². The molecule has 0 aliphatic rings. The number of aliphatic carboxylic acids is 1. The van der Waals surface area contributed by atoms with Crippen LogP contribution < -0.4 is 4.74 Å². The number of rotatable bonds is 10. The van der Waals surface area contributed by atoms with E-state index < -0.39 is 5.97 Å². The average Bonchev–Trinajstić information content (AvgIpc) is 2.47. The Balaban J connectivity index is 2.40. The Hall–Kier alpha value is -1.89. The fourth-order valence-corrected chi connectivity index (χ4v) is 1.75. The van der Waals surface area contributed by atoms with Gasteiger partial charge in [0.2, 0.25) is 0 Å². The second-order valence-corrected chi connectivity index (χ2v) is 4.38. The molecular formula is C15H21NO5. The quantitative estimate of drug-likeness (QED) is 0.543. The molecule has 0 unspecified atom stereocenters. The van der Waals surface area contributed by atoms with E-state index in [2.05, 4.69) is 0 Å². The average molecular weight is 295 g/mol. The number of aliphatic hydroxyl groups excluding tert-OH is 2. The molecule has 6 heteroatoms. The largest absolute Gasteiger partial charge is 0.492 e. The number of carboxylic acids is 1. The number of carbonyl (C=O) groups is 1. The van der Waals surface area contributed by atoms with E-state index in [-0.39, 0.29) is 13.2 Å². The van der Waals surface area contributed by atoms with E-state index in [1.165, 1.54) is 6.08 Å². The molecule has 6 nitrogen and oxygen atoms in total. The van der Waals surface area contributed by atoms with Crippen molar-refractivity contribution < 1.29 is 24.9 Å². The van der Waals surface area contributed by atoms with Gasteiger partial charge in [-0.15, -0.1) is 0 Å². The number of ether oxygens (including phenoxy) is 1. The van der Waals surface area contributed by atoms with Gasteiger partial charge in [-0.3, -0.25) is 4.90 Å². The molecular weight excluding hydrogens is 274 g/mol. The zero-order chi connectivity index (χ0) is 15.5. The highest BCUT2D eigenvalue weighted by atomic mass is 16.5. The highest BCUT2D eigenvalue weighted by Crippen LogP contribution is 2.13. The molecule has 0 bridgehead atoms. The number of benzene rings is 1. The summed E-state index contributed by atoms with van der Waals surface area (Å²) in [4.78, 5) is 12.3. The Morgan fingerprint density at radius 1 is 1.10 bits per heavy atom. The lowest BCUT2D eigenvalue weighted by Gasteiger charge is -2.20. The highest BCUT2D eigenvalue weighted by molar-refractivity contribution is 5.85. The van der Waals surface area contributed by atoms with Crippen molar-refractivity contribution in [3.05, 3.63) is 35.9 Å². The molecule has 1 aromatic rings. The molecule has 0 amide bonds. The van der Waals surface area contributed by atoms with Crippen LogP contribution in [-0.2, 0) is 4.79 Å². The Morgan fingerprint density at radius 2 is 1.71 bits per heavy atom. The van der Waals surface area contributed by atoms with Crippen molar-refractivity contribution in [2.24, 2.45) is 0 Å². The smallest absolute Gasteiger partial charge is 0.328 e. The van der Waals surface area contributed by atoms with Crippen molar-refractivity contribution in [2.75, 3.05) is 39.5 Å². The van der Waals surface area contributed by atoms with Gasteiger partial charge in [-0.25, -0.2) is 4.79 Å². The molecule has 0 saturated carbocycles. The third-order valence-electron chi connectivity index (χ3n) is 2.81. The van der Waals surface area contributed by atoms with Crippen LogP contribution in [0.1, 0.15) is 5.56 Å². The van der Waals surface area contributed by atoms with E-state index in [1.807, 2.05) is 4.90 Å². The summed E-state index contributed by atoms with van der Waals surface area (Å²) in [6.07, 6.45) is 2.59. The fourth-order valence-electron chi connectivity index (χ4n) is 1.75. The lowest BCUT2D eigenvalue weighted by molar-refractivity contribution is -0.131. The minimum absolute atomic E-state index is 0.0462. The Labute approximate surface area is 123 Å². The summed E-state index contributed by atoms with van der Waals surface area (Å²) in [6, 6.07) is 7.08. The van der Waals surface area contributed by atoms with Crippen LogP contribution in [0, 0.1) is 0 Å². The first-order valence-corrected chi connectivity index (χ1v) is 6.73. The number of aliphatic hydroxyl groups is 2. The van der Waals surface area contributed by atoms with Gasteiger partial charge >= 0.3 is 5.97 Å². The predicted molar refractivity (Wildman–Crippen MR) is 79.2 cm³/mol. The first-order chi connectivity index (χ1) is 10.2. The summed E-state index contributed by atoms with van der Waals surface area (Å²) >= 11 is 0. The summed E-state index contributed by atoms with van der Waals surface area (Å²) in [5.74, 6) is -0.293. The monoisotopic (exact) mass is 295 g/mol. The van der Waals surface area contributed by atoms with Crippen molar-refractivity contribution >= 4 is 12.0 Å². The Bertz CT molecular complexity index is 438. The molecule has 0 aromatic heterocycles. The van der Waals surface area contributed by atoms with Gasteiger partial charge in [0, 0.05) is 25.7 Å². The standard InChI is InChI=1S/C15H21NO5/c17-10-7-16(8-11-18)9-12-21-14-4-1-13(2-5-14)3-6-15(19)20/h1-6,17-18H,7-12H2,(H,19,20).